The molecule has 1 aromatic heterocycles. The Kier molecular flexibility index (Phi) is 5.97. The van der Waals surface area contributed by atoms with Crippen molar-refractivity contribution < 1.29 is 19.1 Å². The van der Waals surface area contributed by atoms with Crippen molar-refractivity contribution in [3.8, 4) is 11.3 Å². The van der Waals surface area contributed by atoms with Gasteiger partial charge in [0.2, 0.25) is 0 Å². The number of furan rings is 1. The number of nitrogens with zero attached hydrogens (tertiary/aromatic N) is 1. The lowest BCUT2D eigenvalue weighted by Crippen LogP contribution is -2.19. The van der Waals surface area contributed by atoms with Crippen LogP contribution in [0.4, 0.5) is 5.69 Å². The third kappa shape index (κ3) is 4.73. The number of carboxylic acid groups (broad SMARTS) is 1. The van der Waals surface area contributed by atoms with Crippen molar-refractivity contribution in [2.24, 2.45) is 4.99 Å². The molecule has 2 aromatic carbocycles. The van der Waals surface area contributed by atoms with Gasteiger partial charge in [-0.1, -0.05) is 30.7 Å². The SMILES string of the molecule is CCc1ccc(N=C2NC(=O)/C(=C\c3ccc(-c4ccc(Cl)c(C(=O)O)c4)o3)S2)cc1. The molecule has 1 amide bonds. The molecule has 1 saturated heterocycles. The predicted molar refractivity (Wildman–Crippen MR) is 123 cm³/mol. The fourth-order valence-corrected chi connectivity index (χ4v) is 3.98. The van der Waals surface area contributed by atoms with Crippen LogP contribution in [0.15, 0.2) is 68.9 Å². The average molecular weight is 453 g/mol. The summed E-state index contributed by atoms with van der Waals surface area (Å²) in [7, 11) is 0. The van der Waals surface area contributed by atoms with E-state index in [1.165, 1.54) is 29.5 Å². The molecule has 8 heteroatoms. The van der Waals surface area contributed by atoms with Gasteiger partial charge in [-0.05, 0) is 66.2 Å². The normalized spacial score (nSPS) is 16.1. The van der Waals surface area contributed by atoms with Crippen molar-refractivity contribution in [3.05, 3.63) is 81.4 Å². The monoisotopic (exact) mass is 452 g/mol. The molecule has 4 rings (SSSR count). The second-order valence-corrected chi connectivity index (χ2v) is 8.14. The highest BCUT2D eigenvalue weighted by Crippen LogP contribution is 2.31. The van der Waals surface area contributed by atoms with E-state index in [2.05, 4.69) is 17.2 Å². The number of carboxylic acids is 1. The Hall–Kier alpha value is -3.29. The van der Waals surface area contributed by atoms with Gasteiger partial charge in [-0.2, -0.15) is 0 Å². The van der Waals surface area contributed by atoms with Crippen LogP contribution in [0.25, 0.3) is 17.4 Å². The van der Waals surface area contributed by atoms with E-state index in [-0.39, 0.29) is 16.5 Å². The maximum atomic E-state index is 12.3. The molecule has 0 radical (unpaired) electrons. The van der Waals surface area contributed by atoms with Crippen LogP contribution in [-0.4, -0.2) is 22.2 Å². The van der Waals surface area contributed by atoms with E-state index in [1.54, 1.807) is 24.3 Å². The topological polar surface area (TPSA) is 91.9 Å². The Labute approximate surface area is 187 Å². The highest BCUT2D eigenvalue weighted by atomic mass is 35.5. The zero-order valence-electron chi connectivity index (χ0n) is 16.4. The van der Waals surface area contributed by atoms with Crippen LogP contribution in [-0.2, 0) is 11.2 Å². The fourth-order valence-electron chi connectivity index (χ4n) is 2.96. The van der Waals surface area contributed by atoms with Gasteiger partial charge in [0.05, 0.1) is 21.2 Å². The largest absolute Gasteiger partial charge is 0.478 e. The maximum Gasteiger partial charge on any atom is 0.337 e. The van der Waals surface area contributed by atoms with Gasteiger partial charge in [-0.15, -0.1) is 0 Å². The number of nitrogens with one attached hydrogen (secondary N) is 1. The van der Waals surface area contributed by atoms with Crippen molar-refractivity contribution in [1.82, 2.24) is 5.32 Å². The summed E-state index contributed by atoms with van der Waals surface area (Å²) < 4.78 is 5.79. The van der Waals surface area contributed by atoms with Gasteiger partial charge in [0.1, 0.15) is 11.5 Å². The maximum absolute atomic E-state index is 12.3. The van der Waals surface area contributed by atoms with Crippen molar-refractivity contribution >= 4 is 52.2 Å². The second-order valence-electron chi connectivity index (χ2n) is 6.70. The lowest BCUT2D eigenvalue weighted by molar-refractivity contribution is -0.115. The van der Waals surface area contributed by atoms with Crippen LogP contribution in [0.1, 0.15) is 28.6 Å². The van der Waals surface area contributed by atoms with Crippen molar-refractivity contribution in [2.75, 3.05) is 0 Å². The molecule has 31 heavy (non-hydrogen) atoms. The van der Waals surface area contributed by atoms with Gasteiger partial charge >= 0.3 is 5.97 Å². The van der Waals surface area contributed by atoms with Crippen molar-refractivity contribution in [2.45, 2.75) is 13.3 Å². The first-order valence-corrected chi connectivity index (χ1v) is 10.6. The first-order chi connectivity index (χ1) is 14.9. The molecule has 0 saturated carbocycles. The van der Waals surface area contributed by atoms with E-state index < -0.39 is 5.97 Å². The van der Waals surface area contributed by atoms with E-state index in [0.717, 1.165) is 12.1 Å². The number of thioether (sulfide) groups is 1. The molecule has 1 aliphatic heterocycles. The summed E-state index contributed by atoms with van der Waals surface area (Å²) in [5, 5.41) is 12.6. The molecule has 2 heterocycles. The van der Waals surface area contributed by atoms with Crippen molar-refractivity contribution in [1.29, 1.82) is 0 Å². The summed E-state index contributed by atoms with van der Waals surface area (Å²) in [4.78, 5) is 28.5. The zero-order valence-corrected chi connectivity index (χ0v) is 18.0. The quantitative estimate of drug-likeness (QED) is 0.481. The lowest BCUT2D eigenvalue weighted by atomic mass is 10.1. The van der Waals surface area contributed by atoms with Gasteiger partial charge in [0.15, 0.2) is 5.17 Å². The molecular weight excluding hydrogens is 436 g/mol. The van der Waals surface area contributed by atoms with Gasteiger partial charge in [-0.3, -0.25) is 4.79 Å². The van der Waals surface area contributed by atoms with E-state index in [4.69, 9.17) is 16.0 Å². The lowest BCUT2D eigenvalue weighted by Gasteiger charge is -2.02. The molecule has 6 nitrogen and oxygen atoms in total. The minimum absolute atomic E-state index is 0.00554. The minimum Gasteiger partial charge on any atom is -0.478 e. The van der Waals surface area contributed by atoms with Crippen LogP contribution in [0.5, 0.6) is 0 Å². The molecule has 0 atom stereocenters. The highest BCUT2D eigenvalue weighted by Gasteiger charge is 2.24. The van der Waals surface area contributed by atoms with Crippen LogP contribution in [0.2, 0.25) is 5.02 Å². The molecule has 2 N–H and O–H groups in total. The standard InChI is InChI=1S/C23H17ClN2O4S/c1-2-13-3-6-15(7-4-13)25-23-26-21(27)20(31-23)12-16-8-10-19(30-16)14-5-9-18(24)17(11-14)22(28)29/h3-12H,2H2,1H3,(H,28,29)(H,25,26,27)/b20-12+. The fraction of sp³-hybridized carbons (Fsp3) is 0.0870. The summed E-state index contributed by atoms with van der Waals surface area (Å²) in [5.41, 5.74) is 2.55. The third-order valence-electron chi connectivity index (χ3n) is 4.61. The molecule has 156 valence electrons. The number of aromatic carboxylic acids is 1. The van der Waals surface area contributed by atoms with Gasteiger partial charge < -0.3 is 14.8 Å². The number of carbonyl (C=O) groups is 2. The number of hydrogen-bond donors (Lipinski definition) is 2. The number of benzene rings is 2. The van der Waals surface area contributed by atoms with Gasteiger partial charge in [0, 0.05) is 11.6 Å². The average Bonchev–Trinajstić information content (AvgIpc) is 3.35. The Bertz CT molecular complexity index is 1230. The van der Waals surface area contributed by atoms with Crippen LogP contribution >= 0.6 is 23.4 Å². The molecule has 0 aliphatic carbocycles. The van der Waals surface area contributed by atoms with Gasteiger partial charge in [0.25, 0.3) is 5.91 Å². The predicted octanol–water partition coefficient (Wildman–Crippen LogP) is 5.75. The summed E-state index contributed by atoms with van der Waals surface area (Å²) in [5.74, 6) is -0.435. The molecule has 1 fully saturated rings. The Balaban J connectivity index is 1.54. The number of aryl methyl sites for hydroxylation is 1. The number of rotatable bonds is 5. The molecule has 0 bridgehead atoms. The smallest absolute Gasteiger partial charge is 0.337 e. The van der Waals surface area contributed by atoms with E-state index in [9.17, 15) is 14.7 Å². The highest BCUT2D eigenvalue weighted by molar-refractivity contribution is 8.18. The van der Waals surface area contributed by atoms with E-state index in [0.29, 0.717) is 27.2 Å². The number of aliphatic imine (C=N–C) groups is 1. The molecule has 1 aliphatic rings. The van der Waals surface area contributed by atoms with E-state index in [1.807, 2.05) is 24.3 Å². The summed E-state index contributed by atoms with van der Waals surface area (Å²) in [6, 6.07) is 15.9. The number of carbonyl (C=O) groups excluding carboxylic acids is 1. The number of halogens is 1. The van der Waals surface area contributed by atoms with E-state index >= 15 is 0 Å². The third-order valence-corrected chi connectivity index (χ3v) is 5.85. The zero-order chi connectivity index (χ0) is 22.0. The summed E-state index contributed by atoms with van der Waals surface area (Å²) >= 11 is 7.15. The number of amides is 1. The first kappa shape index (κ1) is 21.0. The first-order valence-electron chi connectivity index (χ1n) is 9.44. The Morgan fingerprint density at radius 3 is 2.68 bits per heavy atom. The molecule has 3 aromatic rings. The second kappa shape index (κ2) is 8.83. The molecule has 0 unspecified atom stereocenters. The Morgan fingerprint density at radius 2 is 1.97 bits per heavy atom. The Morgan fingerprint density at radius 1 is 1.19 bits per heavy atom. The van der Waals surface area contributed by atoms with Crippen molar-refractivity contribution in [3.63, 3.8) is 0 Å². The summed E-state index contributed by atoms with van der Waals surface area (Å²) in [6.45, 7) is 2.09. The van der Waals surface area contributed by atoms with Crippen LogP contribution in [0.3, 0.4) is 0 Å². The van der Waals surface area contributed by atoms with Gasteiger partial charge in [-0.25, -0.2) is 9.79 Å². The van der Waals surface area contributed by atoms with Crippen LogP contribution in [0, 0.1) is 0 Å². The molecule has 0 spiro atoms. The summed E-state index contributed by atoms with van der Waals surface area (Å²) in [6.07, 6.45) is 2.58. The van der Waals surface area contributed by atoms with Crippen LogP contribution < -0.4 is 5.32 Å². The number of amidine groups is 1. The molecular formula is C23H17ClN2O4S. The number of hydrogen-bond acceptors (Lipinski definition) is 5. The minimum atomic E-state index is -1.11.